The molecule has 49 valence electrons. The molecule has 0 N–H and O–H groups in total. The Bertz CT molecular complexity index is 124. The van der Waals surface area contributed by atoms with Crippen LogP contribution in [0.15, 0.2) is 5.70 Å². The molecule has 9 heavy (non-hydrogen) atoms. The summed E-state index contributed by atoms with van der Waals surface area (Å²) in [6, 6.07) is 0. The molecule has 1 aliphatic heterocycles. The summed E-state index contributed by atoms with van der Waals surface area (Å²) in [5.41, 5.74) is 1.18. The van der Waals surface area contributed by atoms with Gasteiger partial charge in [0.05, 0.1) is 0 Å². The van der Waals surface area contributed by atoms with Crippen LogP contribution in [0, 0.1) is 6.08 Å². The molecule has 0 spiro atoms. The van der Waals surface area contributed by atoms with Crippen LogP contribution in [0.4, 0.5) is 0 Å². The summed E-state index contributed by atoms with van der Waals surface area (Å²) in [7, 11) is 1.98. The Kier molecular flexibility index (Phi) is 4.81. The second-order valence-electron chi connectivity index (χ2n) is 1.66. The van der Waals surface area contributed by atoms with E-state index in [1.54, 1.807) is 0 Å². The fourth-order valence-corrected chi connectivity index (χ4v) is 0.523. The molecule has 1 aliphatic rings. The predicted octanol–water partition coefficient (Wildman–Crippen LogP) is 0.685. The fourth-order valence-electron chi connectivity index (χ4n) is 0.523. The van der Waals surface area contributed by atoms with Crippen LogP contribution in [0.1, 0.15) is 13.3 Å². The number of hydrogen-bond donors (Lipinski definition) is 0. The monoisotopic (exact) mass is 464 g/mol. The van der Waals surface area contributed by atoms with E-state index in [9.17, 15) is 0 Å². The minimum absolute atomic E-state index is 0. The van der Waals surface area contributed by atoms with Crippen molar-refractivity contribution in [3.8, 4) is 0 Å². The summed E-state index contributed by atoms with van der Waals surface area (Å²) < 4.78 is 1.96. The van der Waals surface area contributed by atoms with Crippen LogP contribution in [0.5, 0.6) is 0 Å². The fraction of sp³-hybridized carbons (Fsp3) is 0.500. The molecule has 1 radical (unpaired) electrons. The Balaban J connectivity index is 0. The Labute approximate surface area is 62.9 Å². The van der Waals surface area contributed by atoms with E-state index >= 15 is 0 Å². The third-order valence-electron chi connectivity index (χ3n) is 1.16. The quantitative estimate of drug-likeness (QED) is 0.282. The first kappa shape index (κ1) is 10.9. The van der Waals surface area contributed by atoms with Crippen molar-refractivity contribution >= 4 is 6.21 Å². The first-order valence-corrected chi connectivity index (χ1v) is 2.35. The van der Waals surface area contributed by atoms with E-state index in [1.165, 1.54) is 5.70 Å². The summed E-state index contributed by atoms with van der Waals surface area (Å²) in [6.07, 6.45) is 7.02. The topological polar surface area (TPSA) is 3.01 Å². The van der Waals surface area contributed by atoms with E-state index in [-0.39, 0.29) is 19.5 Å². The number of rotatable bonds is 0. The van der Waals surface area contributed by atoms with Crippen LogP contribution >= 0.6 is 0 Å². The molecule has 0 aromatic carbocycles. The molecule has 3 heteroatoms. The molecule has 0 unspecified atom stereocenters. The summed E-state index contributed by atoms with van der Waals surface area (Å²) in [6.45, 7) is 2.03. The SMILES string of the molecule is CC1=[C-]C[C-]=[N+]1C.[Rf].[Rh]. The van der Waals surface area contributed by atoms with Crippen molar-refractivity contribution in [3.63, 3.8) is 0 Å². The van der Waals surface area contributed by atoms with Crippen LogP contribution < -0.4 is 0 Å². The van der Waals surface area contributed by atoms with Crippen molar-refractivity contribution in [3.05, 3.63) is 11.8 Å². The average molecular weight is 464 g/mol. The van der Waals surface area contributed by atoms with Crippen molar-refractivity contribution in [2.75, 3.05) is 7.05 Å². The molecule has 1 rings (SSSR count). The zero-order valence-electron chi connectivity index (χ0n) is 5.69. The number of hydrogen-bond acceptors (Lipinski definition) is 0. The van der Waals surface area contributed by atoms with Crippen LogP contribution in [0.3, 0.4) is 0 Å². The van der Waals surface area contributed by atoms with E-state index in [1.807, 2.05) is 18.5 Å². The largest absolute Gasteiger partial charge is 0.542 e. The van der Waals surface area contributed by atoms with Crippen molar-refractivity contribution in [1.82, 2.24) is 0 Å². The van der Waals surface area contributed by atoms with Gasteiger partial charge in [-0.3, -0.25) is 0 Å². The summed E-state index contributed by atoms with van der Waals surface area (Å²) in [4.78, 5) is 0. The van der Waals surface area contributed by atoms with Crippen molar-refractivity contribution in [1.29, 1.82) is 0 Å². The van der Waals surface area contributed by atoms with Crippen LogP contribution in [-0.4, -0.2) is 17.8 Å². The maximum Gasteiger partial charge on any atom is 0.102 e. The second kappa shape index (κ2) is 3.97. The van der Waals surface area contributed by atoms with Gasteiger partial charge in [0.1, 0.15) is 7.05 Å². The van der Waals surface area contributed by atoms with Crippen LogP contribution in [-0.2, 0) is 19.5 Å². The summed E-state index contributed by atoms with van der Waals surface area (Å²) >= 11 is 0. The molecule has 0 amide bonds. The normalized spacial score (nSPS) is 14.9. The molecule has 0 bridgehead atoms. The zero-order valence-corrected chi connectivity index (χ0v) is 13.7. The zero-order chi connectivity index (χ0) is 5.28. The molecule has 0 aliphatic carbocycles. The summed E-state index contributed by atoms with van der Waals surface area (Å²) in [5.74, 6) is 0. The van der Waals surface area contributed by atoms with Gasteiger partial charge in [-0.1, -0.05) is 6.92 Å². The molecule has 0 aromatic heterocycles. The Morgan fingerprint density at radius 1 is 1.56 bits per heavy atom. The van der Waals surface area contributed by atoms with Crippen LogP contribution in [0.2, 0.25) is 0 Å². The Morgan fingerprint density at radius 3 is 2.22 bits per heavy atom. The third-order valence-corrected chi connectivity index (χ3v) is 1.16. The first-order valence-electron chi connectivity index (χ1n) is 2.35. The molecule has 0 atom stereocenters. The van der Waals surface area contributed by atoms with Crippen molar-refractivity contribution in [2.45, 2.75) is 13.3 Å². The molecular weight excluding hydrogens is 456 g/mol. The van der Waals surface area contributed by atoms with Crippen molar-refractivity contribution < 1.29 is 24.1 Å². The second-order valence-corrected chi connectivity index (χ2v) is 1.66. The van der Waals surface area contributed by atoms with E-state index < -0.39 is 0 Å². The Hall–Kier alpha value is -0.967. The van der Waals surface area contributed by atoms with Gasteiger partial charge in [-0.15, -0.1) is 5.70 Å². The molecule has 0 saturated carbocycles. The van der Waals surface area contributed by atoms with E-state index in [0.29, 0.717) is 0 Å². The van der Waals surface area contributed by atoms with Gasteiger partial charge >= 0.3 is 0 Å². The van der Waals surface area contributed by atoms with Crippen molar-refractivity contribution in [2.24, 2.45) is 0 Å². The van der Waals surface area contributed by atoms with E-state index in [2.05, 4.69) is 12.3 Å². The van der Waals surface area contributed by atoms with E-state index in [0.717, 1.165) is 6.42 Å². The van der Waals surface area contributed by atoms with Gasteiger partial charge in [0.2, 0.25) is 0 Å². The average Bonchev–Trinajstić information content (AvgIpc) is 1.91. The molecule has 0 saturated heterocycles. The third kappa shape index (κ3) is 2.18. The van der Waals surface area contributed by atoms with Gasteiger partial charge in [-0.05, 0) is 6.21 Å². The van der Waals surface area contributed by atoms with Gasteiger partial charge in [-0.25, -0.2) is 0 Å². The van der Waals surface area contributed by atoms with Gasteiger partial charge < -0.3 is 10.7 Å². The van der Waals surface area contributed by atoms with Gasteiger partial charge in [-0.2, -0.15) is 6.42 Å². The summed E-state index contributed by atoms with van der Waals surface area (Å²) in [5, 5.41) is 0. The first-order chi connectivity index (χ1) is 3.30. The maximum atomic E-state index is 3.10. The van der Waals surface area contributed by atoms with E-state index in [4.69, 9.17) is 0 Å². The maximum absolute atomic E-state index is 3.10. The molecule has 1 heterocycles. The smallest absolute Gasteiger partial charge is 0.102 e. The number of allylic oxidation sites excluding steroid dienone is 2. The predicted molar refractivity (Wildman–Crippen MR) is 28.2 cm³/mol. The molecule has 0 aromatic rings. The number of nitrogens with zero attached hydrogens (tertiary/aromatic N) is 1. The standard InChI is InChI=1S/C6H8N.Rf.Rh/c1-6-4-3-5-7(6)2;;/h3H2,1-2H3;;/q-1;;. The van der Waals surface area contributed by atoms with Gasteiger partial charge in [0.15, 0.2) is 0 Å². The van der Waals surface area contributed by atoms with Gasteiger partial charge in [0.25, 0.3) is 0 Å². The molecule has 1 nitrogen and oxygen atoms in total. The van der Waals surface area contributed by atoms with Crippen LogP contribution in [0.25, 0.3) is 0 Å². The molecule has 0 fully saturated rings. The minimum atomic E-state index is 0. The Morgan fingerprint density at radius 2 is 2.11 bits per heavy atom. The molecular formula is C6H8NRfRh-. The minimum Gasteiger partial charge on any atom is -0.542 e. The van der Waals surface area contributed by atoms with Gasteiger partial charge in [0, 0.05) is 19.5 Å².